The Morgan fingerprint density at radius 1 is 0.781 bits per heavy atom. The summed E-state index contributed by atoms with van der Waals surface area (Å²) in [7, 11) is 0. The lowest BCUT2D eigenvalue weighted by Crippen LogP contribution is -2.20. The van der Waals surface area contributed by atoms with E-state index in [0.29, 0.717) is 5.82 Å². The van der Waals surface area contributed by atoms with Crippen LogP contribution in [-0.2, 0) is 6.42 Å². The van der Waals surface area contributed by atoms with Crippen molar-refractivity contribution in [1.82, 2.24) is 9.97 Å². The molecule has 0 unspecified atom stereocenters. The molecule has 6 nitrogen and oxygen atoms in total. The van der Waals surface area contributed by atoms with E-state index < -0.39 is 0 Å². The zero-order chi connectivity index (χ0) is 22.2. The molecular formula is C26H25N5O. The molecule has 0 spiro atoms. The average Bonchev–Trinajstić information content (AvgIpc) is 2.81. The molecule has 6 heteroatoms. The van der Waals surface area contributed by atoms with E-state index in [4.69, 9.17) is 0 Å². The SMILES string of the molecule is CCCc1ccccc1NC(=O)Nc1cc(-c2ccnc(Nc3ccccc3)c2)ccn1. The topological polar surface area (TPSA) is 78.9 Å². The summed E-state index contributed by atoms with van der Waals surface area (Å²) >= 11 is 0. The smallest absolute Gasteiger partial charge is 0.324 e. The Bertz CT molecular complexity index is 1190. The van der Waals surface area contributed by atoms with Crippen molar-refractivity contribution in [3.63, 3.8) is 0 Å². The highest BCUT2D eigenvalue weighted by Gasteiger charge is 2.08. The molecule has 0 saturated heterocycles. The summed E-state index contributed by atoms with van der Waals surface area (Å²) in [4.78, 5) is 21.2. The van der Waals surface area contributed by atoms with E-state index in [1.807, 2.05) is 78.9 Å². The zero-order valence-corrected chi connectivity index (χ0v) is 17.9. The van der Waals surface area contributed by atoms with E-state index in [1.165, 1.54) is 0 Å². The van der Waals surface area contributed by atoms with Crippen molar-refractivity contribution < 1.29 is 4.79 Å². The second-order valence-electron chi connectivity index (χ2n) is 7.34. The first-order chi connectivity index (χ1) is 15.7. The predicted octanol–water partition coefficient (Wildman–Crippen LogP) is 6.48. The third kappa shape index (κ3) is 5.49. The number of hydrogen-bond acceptors (Lipinski definition) is 4. The largest absolute Gasteiger partial charge is 0.340 e. The summed E-state index contributed by atoms with van der Waals surface area (Å²) in [6.45, 7) is 2.12. The molecule has 0 aliphatic carbocycles. The molecule has 2 amide bonds. The van der Waals surface area contributed by atoms with Crippen LogP contribution < -0.4 is 16.0 Å². The summed E-state index contributed by atoms with van der Waals surface area (Å²) in [6.07, 6.45) is 5.36. The fourth-order valence-electron chi connectivity index (χ4n) is 3.43. The molecule has 0 aliphatic rings. The van der Waals surface area contributed by atoms with Crippen molar-refractivity contribution in [2.45, 2.75) is 19.8 Å². The van der Waals surface area contributed by atoms with Crippen LogP contribution in [0.15, 0.2) is 91.3 Å². The van der Waals surface area contributed by atoms with E-state index >= 15 is 0 Å². The number of rotatable bonds is 7. The van der Waals surface area contributed by atoms with Gasteiger partial charge >= 0.3 is 6.03 Å². The van der Waals surface area contributed by atoms with Crippen LogP contribution in [0.4, 0.5) is 27.8 Å². The van der Waals surface area contributed by atoms with Crippen molar-refractivity contribution in [3.8, 4) is 11.1 Å². The number of carbonyl (C=O) groups excluding carboxylic acids is 1. The van der Waals surface area contributed by atoms with Crippen molar-refractivity contribution >= 4 is 29.0 Å². The normalized spacial score (nSPS) is 10.4. The number of urea groups is 1. The Hall–Kier alpha value is -4.19. The minimum atomic E-state index is -0.320. The van der Waals surface area contributed by atoms with Gasteiger partial charge in [-0.15, -0.1) is 0 Å². The highest BCUT2D eigenvalue weighted by molar-refractivity contribution is 6.00. The zero-order valence-electron chi connectivity index (χ0n) is 17.9. The van der Waals surface area contributed by atoms with Gasteiger partial charge in [-0.05, 0) is 65.6 Å². The van der Waals surface area contributed by atoms with Gasteiger partial charge in [-0.1, -0.05) is 49.7 Å². The van der Waals surface area contributed by atoms with Crippen LogP contribution in [-0.4, -0.2) is 16.0 Å². The molecule has 2 aromatic carbocycles. The lowest BCUT2D eigenvalue weighted by Gasteiger charge is -2.12. The van der Waals surface area contributed by atoms with Gasteiger partial charge in [0.25, 0.3) is 0 Å². The number of aromatic nitrogens is 2. The monoisotopic (exact) mass is 423 g/mol. The summed E-state index contributed by atoms with van der Waals surface area (Å²) in [5.41, 5.74) is 4.79. The Labute approximate surface area is 187 Å². The average molecular weight is 424 g/mol. The molecule has 0 atom stereocenters. The van der Waals surface area contributed by atoms with Crippen LogP contribution >= 0.6 is 0 Å². The van der Waals surface area contributed by atoms with Crippen LogP contribution in [0, 0.1) is 0 Å². The third-order valence-corrected chi connectivity index (χ3v) is 4.93. The van der Waals surface area contributed by atoms with Crippen molar-refractivity contribution in [2.24, 2.45) is 0 Å². The Morgan fingerprint density at radius 2 is 1.44 bits per heavy atom. The van der Waals surface area contributed by atoms with Gasteiger partial charge in [0.15, 0.2) is 0 Å². The summed E-state index contributed by atoms with van der Waals surface area (Å²) < 4.78 is 0. The fraction of sp³-hybridized carbons (Fsp3) is 0.115. The first-order valence-electron chi connectivity index (χ1n) is 10.6. The number of amides is 2. The number of anilines is 4. The first kappa shape index (κ1) is 21.1. The van der Waals surface area contributed by atoms with Crippen LogP contribution in [0.1, 0.15) is 18.9 Å². The molecule has 32 heavy (non-hydrogen) atoms. The quantitative estimate of drug-likeness (QED) is 0.318. The first-order valence-corrected chi connectivity index (χ1v) is 10.6. The number of hydrogen-bond donors (Lipinski definition) is 3. The van der Waals surface area contributed by atoms with Crippen molar-refractivity contribution in [2.75, 3.05) is 16.0 Å². The molecule has 0 saturated carbocycles. The van der Waals surface area contributed by atoms with Crippen LogP contribution in [0.5, 0.6) is 0 Å². The van der Waals surface area contributed by atoms with Crippen molar-refractivity contribution in [3.05, 3.63) is 96.8 Å². The van der Waals surface area contributed by atoms with Gasteiger partial charge in [0.2, 0.25) is 0 Å². The molecule has 0 bridgehead atoms. The summed E-state index contributed by atoms with van der Waals surface area (Å²) in [6, 6.07) is 25.0. The number of aryl methyl sites for hydroxylation is 1. The highest BCUT2D eigenvalue weighted by atomic mass is 16.2. The maximum atomic E-state index is 12.6. The molecule has 0 fully saturated rings. The molecule has 0 aliphatic heterocycles. The van der Waals surface area contributed by atoms with E-state index in [-0.39, 0.29) is 6.03 Å². The molecular weight excluding hydrogens is 398 g/mol. The van der Waals surface area contributed by atoms with Gasteiger partial charge in [-0.2, -0.15) is 0 Å². The highest BCUT2D eigenvalue weighted by Crippen LogP contribution is 2.25. The van der Waals surface area contributed by atoms with Gasteiger partial charge in [-0.3, -0.25) is 5.32 Å². The van der Waals surface area contributed by atoms with Gasteiger partial charge in [0, 0.05) is 23.8 Å². The number of para-hydroxylation sites is 2. The molecule has 4 rings (SSSR count). The second kappa shape index (κ2) is 10.2. The maximum absolute atomic E-state index is 12.6. The van der Waals surface area contributed by atoms with Gasteiger partial charge in [0.1, 0.15) is 11.6 Å². The van der Waals surface area contributed by atoms with Gasteiger partial charge in [0.05, 0.1) is 0 Å². The number of nitrogens with one attached hydrogen (secondary N) is 3. The number of pyridine rings is 2. The molecule has 4 aromatic rings. The Morgan fingerprint density at radius 3 is 2.19 bits per heavy atom. The molecule has 3 N–H and O–H groups in total. The van der Waals surface area contributed by atoms with Crippen LogP contribution in [0.25, 0.3) is 11.1 Å². The van der Waals surface area contributed by atoms with Crippen molar-refractivity contribution in [1.29, 1.82) is 0 Å². The van der Waals surface area contributed by atoms with Gasteiger partial charge in [-0.25, -0.2) is 14.8 Å². The van der Waals surface area contributed by atoms with E-state index in [0.717, 1.165) is 46.7 Å². The van der Waals surface area contributed by atoms with E-state index in [2.05, 4.69) is 32.8 Å². The predicted molar refractivity (Wildman–Crippen MR) is 130 cm³/mol. The molecule has 2 aromatic heterocycles. The van der Waals surface area contributed by atoms with Crippen LogP contribution in [0.3, 0.4) is 0 Å². The lowest BCUT2D eigenvalue weighted by molar-refractivity contribution is 0.262. The third-order valence-electron chi connectivity index (χ3n) is 4.93. The minimum Gasteiger partial charge on any atom is -0.340 e. The molecule has 2 heterocycles. The molecule has 160 valence electrons. The van der Waals surface area contributed by atoms with E-state index in [1.54, 1.807) is 12.4 Å². The summed E-state index contributed by atoms with van der Waals surface area (Å²) in [5, 5.41) is 9.06. The lowest BCUT2D eigenvalue weighted by atomic mass is 10.1. The minimum absolute atomic E-state index is 0.320. The second-order valence-corrected chi connectivity index (χ2v) is 7.34. The Kier molecular flexibility index (Phi) is 6.72. The fourth-order valence-corrected chi connectivity index (χ4v) is 3.43. The number of carbonyl (C=O) groups is 1. The summed E-state index contributed by atoms with van der Waals surface area (Å²) in [5.74, 6) is 1.22. The standard InChI is InChI=1S/C26H25N5O/c1-2-8-19-9-6-7-12-23(19)30-26(32)31-25-18-21(14-16-28-25)20-13-15-27-24(17-20)29-22-10-4-3-5-11-22/h3-7,9-18H,2,8H2,1H3,(H,27,29)(H2,28,30,31,32). The molecule has 0 radical (unpaired) electrons. The number of benzene rings is 2. The van der Waals surface area contributed by atoms with Crippen LogP contribution in [0.2, 0.25) is 0 Å². The van der Waals surface area contributed by atoms with E-state index in [9.17, 15) is 4.79 Å². The number of nitrogens with zero attached hydrogens (tertiary/aromatic N) is 2. The van der Waals surface area contributed by atoms with Gasteiger partial charge < -0.3 is 10.6 Å². The Balaban J connectivity index is 1.47. The maximum Gasteiger partial charge on any atom is 0.324 e.